The molecule has 1 aliphatic carbocycles. The van der Waals surface area contributed by atoms with Gasteiger partial charge in [0.1, 0.15) is 24.2 Å². The molecule has 2 aliphatic heterocycles. The number of hydrogen-bond donors (Lipinski definition) is 1. The van der Waals surface area contributed by atoms with Crippen LogP contribution in [-0.4, -0.2) is 86.7 Å². The molecule has 298 valence electrons. The third-order valence-electron chi connectivity index (χ3n) is 8.09. The number of carbonyl (C=O) groups excluding carboxylic acids is 3. The Morgan fingerprint density at radius 3 is 2.07 bits per heavy atom. The maximum absolute atomic E-state index is 13.6. The molecule has 3 amide bonds. The standard InChI is InChI=1S/C27H26F4N4O4.C2F6O5S2/c1-16(27(29,30)31)34(14-17-4-6-19(28)7-5-17)23(36)15-35-24(37)26(39-25(35)38)11-10-18-13-20(8-9-21(18)26)33-22-3-2-12-32-22;3-1(4,5)14(9,10)13-15(11,12)2(6,7)8/h4-9,13,16H,2-3,10-12,14-15H2,1H3,(H,32,33);/t16-,26+;/m0./s1. The summed E-state index contributed by atoms with van der Waals surface area (Å²) in [5, 5.41) is 3.25. The summed E-state index contributed by atoms with van der Waals surface area (Å²) in [4.78, 5) is 44.9. The first-order chi connectivity index (χ1) is 24.7. The lowest BCUT2D eigenvalue weighted by Crippen LogP contribution is -2.51. The fourth-order valence-corrected chi connectivity index (χ4v) is 6.93. The van der Waals surface area contributed by atoms with Crippen molar-refractivity contribution in [2.24, 2.45) is 4.99 Å². The molecule has 1 N–H and O–H groups in total. The van der Waals surface area contributed by atoms with Gasteiger partial charge in [0.25, 0.3) is 5.91 Å². The highest BCUT2D eigenvalue weighted by Gasteiger charge is 2.59. The highest BCUT2D eigenvalue weighted by Crippen LogP contribution is 2.46. The largest absolute Gasteiger partial charge is 0.524 e. The monoisotopic (exact) mass is 828 g/mol. The number of nitrogens with zero attached hydrogens (tertiary/aromatic N) is 3. The Labute approximate surface area is 299 Å². The van der Waals surface area contributed by atoms with Crippen LogP contribution in [0.1, 0.15) is 42.9 Å². The van der Waals surface area contributed by atoms with Gasteiger partial charge in [-0.3, -0.25) is 14.6 Å². The quantitative estimate of drug-likeness (QED) is 0.275. The highest BCUT2D eigenvalue weighted by atomic mass is 32.3. The van der Waals surface area contributed by atoms with Crippen LogP contribution in [0.5, 0.6) is 0 Å². The number of alkyl halides is 9. The van der Waals surface area contributed by atoms with E-state index in [9.17, 15) is 75.1 Å². The van der Waals surface area contributed by atoms with Crippen molar-refractivity contribution >= 4 is 49.7 Å². The van der Waals surface area contributed by atoms with Crippen LogP contribution in [0.2, 0.25) is 0 Å². The molecule has 25 heteroatoms. The number of amides is 3. The summed E-state index contributed by atoms with van der Waals surface area (Å²) in [7, 11) is -13.7. The predicted molar refractivity (Wildman–Crippen MR) is 163 cm³/mol. The molecule has 54 heavy (non-hydrogen) atoms. The molecule has 0 unspecified atom stereocenters. The van der Waals surface area contributed by atoms with Crippen LogP contribution >= 0.6 is 0 Å². The van der Waals surface area contributed by atoms with Gasteiger partial charge in [-0.2, -0.15) is 56.3 Å². The van der Waals surface area contributed by atoms with Gasteiger partial charge in [-0.05, 0) is 55.2 Å². The van der Waals surface area contributed by atoms with Crippen LogP contribution in [0.3, 0.4) is 0 Å². The summed E-state index contributed by atoms with van der Waals surface area (Å²) < 4.78 is 170. The molecule has 2 atom stereocenters. The van der Waals surface area contributed by atoms with Crippen LogP contribution in [0.4, 0.5) is 54.4 Å². The second-order valence-corrected chi connectivity index (χ2v) is 15.0. The van der Waals surface area contributed by atoms with E-state index in [1.807, 2.05) is 9.70 Å². The van der Waals surface area contributed by atoms with E-state index in [1.54, 1.807) is 12.1 Å². The fourth-order valence-electron chi connectivity index (χ4n) is 5.36. The topological polar surface area (TPSA) is 169 Å². The van der Waals surface area contributed by atoms with E-state index >= 15 is 0 Å². The number of imide groups is 1. The number of nitrogens with one attached hydrogen (secondary N) is 1. The van der Waals surface area contributed by atoms with Crippen LogP contribution in [0.15, 0.2) is 47.5 Å². The molecular formula is C29H26F10N4O9S2. The first kappa shape index (κ1) is 42.2. The van der Waals surface area contributed by atoms with Crippen LogP contribution < -0.4 is 5.32 Å². The molecule has 5 rings (SSSR count). The normalized spacial score (nSPS) is 19.5. The van der Waals surface area contributed by atoms with Crippen molar-refractivity contribution in [3.63, 3.8) is 0 Å². The zero-order valence-electron chi connectivity index (χ0n) is 27.2. The number of fused-ring (bicyclic) bond motifs is 2. The highest BCUT2D eigenvalue weighted by molar-refractivity contribution is 8.00. The lowest BCUT2D eigenvalue weighted by molar-refractivity contribution is -0.187. The van der Waals surface area contributed by atoms with Gasteiger partial charge in [0.15, 0.2) is 0 Å². The van der Waals surface area contributed by atoms with Gasteiger partial charge < -0.3 is 15.0 Å². The van der Waals surface area contributed by atoms with E-state index < -0.39 is 85.9 Å². The summed E-state index contributed by atoms with van der Waals surface area (Å²) in [6, 6.07) is 7.74. The summed E-state index contributed by atoms with van der Waals surface area (Å²) in [6.45, 7) is 0.156. The number of anilines is 1. The van der Waals surface area contributed by atoms with E-state index in [0.29, 0.717) is 21.8 Å². The molecule has 1 saturated heterocycles. The molecule has 0 saturated carbocycles. The van der Waals surface area contributed by atoms with E-state index in [2.05, 4.69) is 10.3 Å². The Bertz CT molecular complexity index is 2000. The molecule has 0 aromatic heterocycles. The van der Waals surface area contributed by atoms with Crippen molar-refractivity contribution in [2.75, 3.05) is 18.4 Å². The van der Waals surface area contributed by atoms with E-state index in [1.165, 1.54) is 12.1 Å². The van der Waals surface area contributed by atoms with Crippen molar-refractivity contribution < 1.29 is 83.5 Å². The molecule has 1 spiro atoms. The van der Waals surface area contributed by atoms with Gasteiger partial charge in [0, 0.05) is 37.2 Å². The average molecular weight is 829 g/mol. The number of halogens is 10. The van der Waals surface area contributed by atoms with Crippen molar-refractivity contribution in [1.82, 2.24) is 9.80 Å². The number of aliphatic imine (C=N–C) groups is 1. The first-order valence-corrected chi connectivity index (χ1v) is 17.9. The number of rotatable bonds is 8. The minimum absolute atomic E-state index is 0.153. The van der Waals surface area contributed by atoms with Gasteiger partial charge in [0.2, 0.25) is 11.5 Å². The Morgan fingerprint density at radius 1 is 0.963 bits per heavy atom. The van der Waals surface area contributed by atoms with Crippen molar-refractivity contribution in [2.45, 2.75) is 68.0 Å². The number of ether oxygens (including phenoxy) is 1. The number of amidine groups is 1. The van der Waals surface area contributed by atoms with E-state index in [4.69, 9.17) is 4.74 Å². The lowest BCUT2D eigenvalue weighted by atomic mass is 9.94. The van der Waals surface area contributed by atoms with Gasteiger partial charge in [0.05, 0.1) is 0 Å². The number of hydrogen-bond acceptors (Lipinski definition) is 11. The Kier molecular flexibility index (Phi) is 11.7. The Morgan fingerprint density at radius 2 is 1.56 bits per heavy atom. The van der Waals surface area contributed by atoms with Crippen molar-refractivity contribution in [3.05, 3.63) is 65.0 Å². The molecule has 2 aromatic rings. The summed E-state index contributed by atoms with van der Waals surface area (Å²) in [6.07, 6.45) is -3.47. The minimum atomic E-state index is -6.85. The number of aryl methyl sites for hydroxylation is 1. The smallest absolute Gasteiger partial charge is 0.427 e. The maximum Gasteiger partial charge on any atom is 0.524 e. The number of carbonyl (C=O) groups is 3. The van der Waals surface area contributed by atoms with Gasteiger partial charge in [-0.1, -0.05) is 18.2 Å². The van der Waals surface area contributed by atoms with Gasteiger partial charge >= 0.3 is 43.5 Å². The Balaban J connectivity index is 0.000000368. The van der Waals surface area contributed by atoms with E-state index in [0.717, 1.165) is 55.5 Å². The van der Waals surface area contributed by atoms with Crippen LogP contribution in [0.25, 0.3) is 0 Å². The SMILES string of the molecule is C[C@H](N(Cc1ccc(F)cc1)C(=O)CN1C(=O)O[C@@]2(CCc3cc(NC4=NCCC4)ccc32)C1=O)C(F)(F)F.O=S(=O)(OS(=O)(=O)C(F)(F)F)C(F)(F)F. The molecule has 3 aliphatic rings. The molecule has 1 fully saturated rings. The summed E-state index contributed by atoms with van der Waals surface area (Å²) in [5.41, 5.74) is -11.8. The third kappa shape index (κ3) is 9.05. The van der Waals surface area contributed by atoms with Crippen LogP contribution in [0, 0.1) is 5.82 Å². The Hall–Kier alpha value is -4.52. The lowest BCUT2D eigenvalue weighted by Gasteiger charge is -2.31. The zero-order valence-corrected chi connectivity index (χ0v) is 28.8. The van der Waals surface area contributed by atoms with Gasteiger partial charge in [-0.15, -0.1) is 3.63 Å². The van der Waals surface area contributed by atoms with Gasteiger partial charge in [-0.25, -0.2) is 14.1 Å². The maximum atomic E-state index is 13.6. The summed E-state index contributed by atoms with van der Waals surface area (Å²) >= 11 is 0. The minimum Gasteiger partial charge on any atom is -0.427 e. The molecule has 0 bridgehead atoms. The van der Waals surface area contributed by atoms with Crippen molar-refractivity contribution in [3.8, 4) is 0 Å². The van der Waals surface area contributed by atoms with Crippen molar-refractivity contribution in [1.29, 1.82) is 0 Å². The second kappa shape index (κ2) is 15.0. The molecular weight excluding hydrogens is 802 g/mol. The molecule has 2 heterocycles. The van der Waals surface area contributed by atoms with E-state index in [-0.39, 0.29) is 12.0 Å². The first-order valence-electron chi connectivity index (χ1n) is 15.1. The molecule has 13 nitrogen and oxygen atoms in total. The molecule has 0 radical (unpaired) electrons. The second-order valence-electron chi connectivity index (χ2n) is 11.7. The predicted octanol–water partition coefficient (Wildman–Crippen LogP) is 5.23. The number of benzene rings is 2. The third-order valence-corrected chi connectivity index (χ3v) is 10.7. The fraction of sp³-hybridized carbons (Fsp3) is 0.448. The van der Waals surface area contributed by atoms with Crippen LogP contribution in [-0.2, 0) is 56.8 Å². The summed E-state index contributed by atoms with van der Waals surface area (Å²) in [5.74, 6) is -1.60. The average Bonchev–Trinajstić information content (AvgIpc) is 3.74. The molecule has 2 aromatic carbocycles. The zero-order chi connectivity index (χ0) is 40.7.